The highest BCUT2D eigenvalue weighted by molar-refractivity contribution is 6.76. The van der Waals surface area contributed by atoms with Crippen LogP contribution in [-0.2, 0) is 65.7 Å². The molecule has 18 heteroatoms. The third-order valence-electron chi connectivity index (χ3n) is 10.6. The second-order valence-electron chi connectivity index (χ2n) is 19.3. The van der Waals surface area contributed by atoms with Gasteiger partial charge in [0.05, 0.1) is 66.8 Å². The van der Waals surface area contributed by atoms with Crippen LogP contribution in [-0.4, -0.2) is 167 Å². The summed E-state index contributed by atoms with van der Waals surface area (Å²) in [6.45, 7) is 31.4. The smallest absolute Gasteiger partial charge is 0.501 e. The van der Waals surface area contributed by atoms with Gasteiger partial charge in [-0.1, -0.05) is 91.8 Å². The number of halogens is 1. The molecule has 402 valence electrons. The summed E-state index contributed by atoms with van der Waals surface area (Å²) in [7, 11) is 1.94. The number of rotatable bonds is 43. The summed E-state index contributed by atoms with van der Waals surface area (Å²) in [5, 5.41) is 0. The average Bonchev–Trinajstić information content (AvgIpc) is 3.29. The molecule has 0 N–H and O–H groups in total. The van der Waals surface area contributed by atoms with Crippen LogP contribution in [0.2, 0.25) is 31.7 Å². The number of carbonyl (C=O) groups is 5. The molecule has 0 heterocycles. The van der Waals surface area contributed by atoms with E-state index in [4.69, 9.17) is 56.1 Å². The molecule has 0 radical (unpaired) electrons. The summed E-state index contributed by atoms with van der Waals surface area (Å²) < 4.78 is 54.3. The summed E-state index contributed by atoms with van der Waals surface area (Å²) in [5.74, 6) is -0.544. The molecule has 0 bridgehead atoms. The first kappa shape index (κ1) is 74.5. The van der Waals surface area contributed by atoms with Crippen LogP contribution in [0.25, 0.3) is 0 Å². The predicted octanol–water partition coefficient (Wildman–Crippen LogP) is 6.18. The van der Waals surface area contributed by atoms with E-state index >= 15 is 0 Å². The first-order chi connectivity index (χ1) is 31.4. The van der Waals surface area contributed by atoms with E-state index < -0.39 is 27.7 Å². The van der Waals surface area contributed by atoms with Gasteiger partial charge >= 0.3 is 20.7 Å². The van der Waals surface area contributed by atoms with Crippen molar-refractivity contribution >= 4 is 49.2 Å². The van der Waals surface area contributed by atoms with Gasteiger partial charge < -0.3 is 77.5 Å². The Bertz CT molecular complexity index is 1100. The highest BCUT2D eigenvalue weighted by atomic mass is 79.9. The third kappa shape index (κ3) is 46.7. The number of hydrogen-bond donors (Lipinski definition) is 0. The number of hydrogen-bond acceptors (Lipinski definition) is 14. The standard InChI is InChI=1S/C46H96NO11Si2.3CH2O.BrH/c1-13-17-18-19-20-21-22-23-24-25-30-47(7,8)31-26-27-32-51-37-45(5,41-55-44(49)29-36-60(56-14-2,57-15-3)58-16-4)39-53-40-46(6,38-52-34-33-50-9)42-54-43(48)28-35-59(10,11)12;3*1-2;/h13-42H2,1-12H3;3*1H2;1H/q+1;;;;/p-1. The number of carbonyl (C=O) groups excluding carboxylic acids is 5. The quantitative estimate of drug-likeness (QED) is 0.0294. The zero-order valence-corrected chi connectivity index (χ0v) is 48.5. The van der Waals surface area contributed by atoms with Crippen molar-refractivity contribution in [3.05, 3.63) is 0 Å². The molecule has 0 saturated carbocycles. The number of unbranched alkanes of at least 4 members (excludes halogenated alkanes) is 10. The molecule has 0 fully saturated rings. The van der Waals surface area contributed by atoms with Crippen LogP contribution in [0.5, 0.6) is 0 Å². The maximum absolute atomic E-state index is 13.2. The topological polar surface area (TPSA) is 168 Å². The average molecular weight is 1070 g/mol. The molecule has 2 atom stereocenters. The lowest BCUT2D eigenvalue weighted by Crippen LogP contribution is -3.00. The zero-order valence-electron chi connectivity index (χ0n) is 44.9. The van der Waals surface area contributed by atoms with Crippen LogP contribution in [0.15, 0.2) is 0 Å². The van der Waals surface area contributed by atoms with Gasteiger partial charge in [0.25, 0.3) is 0 Å². The molecule has 0 aliphatic heterocycles. The van der Waals surface area contributed by atoms with E-state index in [1.165, 1.54) is 70.8 Å². The van der Waals surface area contributed by atoms with Gasteiger partial charge in [-0.3, -0.25) is 9.59 Å². The molecule has 0 spiro atoms. The van der Waals surface area contributed by atoms with Gasteiger partial charge in [0.1, 0.15) is 33.6 Å². The van der Waals surface area contributed by atoms with Crippen molar-refractivity contribution in [2.24, 2.45) is 10.8 Å². The Morgan fingerprint density at radius 2 is 0.881 bits per heavy atom. The summed E-state index contributed by atoms with van der Waals surface area (Å²) in [5.41, 5.74) is -1.22. The summed E-state index contributed by atoms with van der Waals surface area (Å²) in [4.78, 5) is 49.9. The Labute approximate surface area is 422 Å². The second kappa shape index (κ2) is 48.2. The first-order valence-corrected chi connectivity index (χ1v) is 30.2. The van der Waals surface area contributed by atoms with E-state index in [2.05, 4.69) is 40.7 Å². The van der Waals surface area contributed by atoms with E-state index in [9.17, 15) is 9.59 Å². The van der Waals surface area contributed by atoms with E-state index in [-0.39, 0.29) is 61.8 Å². The number of esters is 2. The van der Waals surface area contributed by atoms with Gasteiger partial charge in [-0.2, -0.15) is 0 Å². The van der Waals surface area contributed by atoms with Crippen molar-refractivity contribution in [3.8, 4) is 0 Å². The van der Waals surface area contributed by atoms with Crippen LogP contribution >= 0.6 is 0 Å². The number of quaternary nitrogens is 1. The fourth-order valence-corrected chi connectivity index (χ4v) is 10.3. The lowest BCUT2D eigenvalue weighted by Gasteiger charge is -2.33. The van der Waals surface area contributed by atoms with Gasteiger partial charge in [0.15, 0.2) is 0 Å². The molecule has 0 saturated heterocycles. The Balaban J connectivity index is -0.00000175. The normalized spacial score (nSPS) is 13.2. The SMILES string of the molecule is C=O.C=O.C=O.CCCCCCCCCCCC[N+](C)(C)CCCCOCC(C)(COCC(C)(COCCOC)COC(=O)CC[Si](C)(C)C)COC(=O)CC[Si](OCC)(OCC)OCC.[Br-]. The van der Waals surface area contributed by atoms with Crippen molar-refractivity contribution in [2.45, 2.75) is 163 Å². The van der Waals surface area contributed by atoms with Crippen molar-refractivity contribution in [3.63, 3.8) is 0 Å². The van der Waals surface area contributed by atoms with Crippen molar-refractivity contribution < 1.29 is 87.1 Å². The van der Waals surface area contributed by atoms with Crippen molar-refractivity contribution in [1.82, 2.24) is 0 Å². The minimum absolute atomic E-state index is 0. The van der Waals surface area contributed by atoms with Gasteiger partial charge in [-0.25, -0.2) is 0 Å². The van der Waals surface area contributed by atoms with Crippen molar-refractivity contribution in [2.75, 3.05) is 114 Å². The maximum Gasteiger partial charge on any atom is 0.501 e. The zero-order chi connectivity index (χ0) is 51.2. The Morgan fingerprint density at radius 1 is 0.507 bits per heavy atom. The summed E-state index contributed by atoms with van der Waals surface area (Å²) in [6, 6.07) is 1.22. The molecule has 0 aromatic carbocycles. The van der Waals surface area contributed by atoms with E-state index in [1.807, 2.05) is 55.0 Å². The Kier molecular flexibility index (Phi) is 53.6. The molecule has 0 amide bonds. The van der Waals surface area contributed by atoms with Crippen LogP contribution in [0.1, 0.15) is 131 Å². The van der Waals surface area contributed by atoms with Crippen LogP contribution in [0.4, 0.5) is 0 Å². The van der Waals surface area contributed by atoms with E-state index in [1.54, 1.807) is 7.11 Å². The predicted molar refractivity (Wildman–Crippen MR) is 270 cm³/mol. The fraction of sp³-hybridized carbons (Fsp3) is 0.898. The maximum atomic E-state index is 13.2. The molecular weight excluding hydrogens is 963 g/mol. The van der Waals surface area contributed by atoms with E-state index in [0.717, 1.165) is 29.9 Å². The first-order valence-electron chi connectivity index (χ1n) is 24.6. The highest BCUT2D eigenvalue weighted by Gasteiger charge is 2.41. The van der Waals surface area contributed by atoms with Crippen LogP contribution in [0.3, 0.4) is 0 Å². The molecule has 67 heavy (non-hydrogen) atoms. The lowest BCUT2D eigenvalue weighted by atomic mass is 9.92. The second-order valence-corrected chi connectivity index (χ2v) is 27.7. The molecule has 2 unspecified atom stereocenters. The molecule has 0 aromatic rings. The summed E-state index contributed by atoms with van der Waals surface area (Å²) >= 11 is 0. The molecule has 0 aliphatic carbocycles. The van der Waals surface area contributed by atoms with Gasteiger partial charge in [0.2, 0.25) is 0 Å². The van der Waals surface area contributed by atoms with Crippen molar-refractivity contribution in [1.29, 1.82) is 0 Å². The number of nitrogens with zero attached hydrogens (tertiary/aromatic N) is 1. The third-order valence-corrected chi connectivity index (χ3v) is 15.4. The molecule has 0 aromatic heterocycles. The monoisotopic (exact) mass is 1060 g/mol. The highest BCUT2D eigenvalue weighted by Crippen LogP contribution is 2.25. The molecule has 0 aliphatic rings. The molecular formula is C49H102BrNO14Si2. The van der Waals surface area contributed by atoms with Gasteiger partial charge in [-0.05, 0) is 52.5 Å². The van der Waals surface area contributed by atoms with Gasteiger partial charge in [-0.15, -0.1) is 0 Å². The molecule has 15 nitrogen and oxygen atoms in total. The lowest BCUT2D eigenvalue weighted by molar-refractivity contribution is -0.890. The summed E-state index contributed by atoms with van der Waals surface area (Å²) in [6.07, 6.45) is 16.2. The van der Waals surface area contributed by atoms with E-state index in [0.29, 0.717) is 65.3 Å². The fourth-order valence-electron chi connectivity index (χ4n) is 6.84. The van der Waals surface area contributed by atoms with Crippen LogP contribution < -0.4 is 17.0 Å². The number of methoxy groups -OCH3 is 1. The largest absolute Gasteiger partial charge is 1.00 e. The minimum atomic E-state index is -3.00. The Hall–Kier alpha value is -1.46. The van der Waals surface area contributed by atoms with Gasteiger partial charge in [0, 0.05) is 71.3 Å². The minimum Gasteiger partial charge on any atom is -1.00 e. The molecule has 0 rings (SSSR count). The Morgan fingerprint density at radius 3 is 1.28 bits per heavy atom. The van der Waals surface area contributed by atoms with Crippen LogP contribution in [0, 0.1) is 10.8 Å². The number of ether oxygens (including phenoxy) is 6.